The smallest absolute Gasteiger partial charge is 0.224 e. The van der Waals surface area contributed by atoms with E-state index in [4.69, 9.17) is 5.73 Å². The number of amides is 1. The molecule has 0 heterocycles. The molecule has 1 saturated carbocycles. The Morgan fingerprint density at radius 2 is 1.95 bits per heavy atom. The van der Waals surface area contributed by atoms with Crippen LogP contribution < -0.4 is 5.73 Å². The molecule has 0 aromatic heterocycles. The molecular weight excluding hydrogens is 236 g/mol. The van der Waals surface area contributed by atoms with Gasteiger partial charge in [-0.05, 0) is 38.7 Å². The quantitative estimate of drug-likeness (QED) is 0.884. The Kier molecular flexibility index (Phi) is 4.25. The highest BCUT2D eigenvalue weighted by molar-refractivity contribution is 5.78. The minimum atomic E-state index is -0.235. The molecule has 0 atom stereocenters. The van der Waals surface area contributed by atoms with Crippen molar-refractivity contribution < 1.29 is 4.79 Å². The second-order valence-corrected chi connectivity index (χ2v) is 5.99. The van der Waals surface area contributed by atoms with E-state index in [0.29, 0.717) is 13.0 Å². The first kappa shape index (κ1) is 14.1. The van der Waals surface area contributed by atoms with Gasteiger partial charge in [0.25, 0.3) is 0 Å². The molecule has 0 unspecified atom stereocenters. The van der Waals surface area contributed by atoms with Crippen molar-refractivity contribution in [3.63, 3.8) is 0 Å². The van der Waals surface area contributed by atoms with Crippen molar-refractivity contribution in [3.05, 3.63) is 35.9 Å². The Balaban J connectivity index is 2.01. The van der Waals surface area contributed by atoms with Gasteiger partial charge in [0.2, 0.25) is 5.91 Å². The molecular formula is C16H24N2O. The van der Waals surface area contributed by atoms with Crippen LogP contribution in [-0.2, 0) is 11.3 Å². The Labute approximate surface area is 115 Å². The van der Waals surface area contributed by atoms with Gasteiger partial charge < -0.3 is 10.6 Å². The maximum absolute atomic E-state index is 12.4. The van der Waals surface area contributed by atoms with Crippen LogP contribution in [0.1, 0.15) is 45.1 Å². The highest BCUT2D eigenvalue weighted by atomic mass is 16.2. The minimum absolute atomic E-state index is 0.182. The van der Waals surface area contributed by atoms with Gasteiger partial charge in [0.15, 0.2) is 0 Å². The first-order valence-electron chi connectivity index (χ1n) is 7.12. The monoisotopic (exact) mass is 260 g/mol. The van der Waals surface area contributed by atoms with Gasteiger partial charge in [-0.1, -0.05) is 30.3 Å². The van der Waals surface area contributed by atoms with Gasteiger partial charge >= 0.3 is 0 Å². The number of nitrogens with two attached hydrogens (primary N) is 1. The Hall–Kier alpha value is -1.35. The molecule has 1 amide bonds. The zero-order valence-corrected chi connectivity index (χ0v) is 11.9. The van der Waals surface area contributed by atoms with Crippen LogP contribution in [0, 0.1) is 0 Å². The second kappa shape index (κ2) is 5.74. The van der Waals surface area contributed by atoms with Gasteiger partial charge in [0.05, 0.1) is 0 Å². The molecule has 1 aliphatic rings. The maximum Gasteiger partial charge on any atom is 0.224 e. The van der Waals surface area contributed by atoms with Crippen LogP contribution in [0.15, 0.2) is 30.3 Å². The molecule has 104 valence electrons. The third-order valence-corrected chi connectivity index (χ3v) is 3.99. The van der Waals surface area contributed by atoms with E-state index >= 15 is 0 Å². The standard InChI is InChI=1S/C16H24N2O/c1-13(2)18(12-14-7-4-3-5-8-14)15(19)11-16(17)9-6-10-16/h3-5,7-8,13H,6,9-12,17H2,1-2H3. The molecule has 1 aliphatic carbocycles. The SMILES string of the molecule is CC(C)N(Cc1ccccc1)C(=O)CC1(N)CCC1. The van der Waals surface area contributed by atoms with Crippen LogP contribution in [0.4, 0.5) is 0 Å². The van der Waals surface area contributed by atoms with Crippen molar-refractivity contribution in [1.29, 1.82) is 0 Å². The molecule has 1 aromatic rings. The van der Waals surface area contributed by atoms with Crippen LogP contribution in [0.25, 0.3) is 0 Å². The lowest BCUT2D eigenvalue weighted by molar-refractivity contribution is -0.135. The Morgan fingerprint density at radius 3 is 2.42 bits per heavy atom. The third-order valence-electron chi connectivity index (χ3n) is 3.99. The zero-order chi connectivity index (χ0) is 13.9. The van der Waals surface area contributed by atoms with E-state index in [1.165, 1.54) is 5.56 Å². The average molecular weight is 260 g/mol. The first-order valence-corrected chi connectivity index (χ1v) is 7.12. The van der Waals surface area contributed by atoms with Crippen LogP contribution in [0.2, 0.25) is 0 Å². The molecule has 0 radical (unpaired) electrons. The van der Waals surface area contributed by atoms with Gasteiger partial charge in [-0.15, -0.1) is 0 Å². The minimum Gasteiger partial charge on any atom is -0.336 e. The number of carbonyl (C=O) groups excluding carboxylic acids is 1. The summed E-state index contributed by atoms with van der Waals surface area (Å²) >= 11 is 0. The number of nitrogens with zero attached hydrogens (tertiary/aromatic N) is 1. The average Bonchev–Trinajstić information content (AvgIpc) is 2.34. The summed E-state index contributed by atoms with van der Waals surface area (Å²) in [6.07, 6.45) is 3.61. The molecule has 2 rings (SSSR count). The topological polar surface area (TPSA) is 46.3 Å². The van der Waals surface area contributed by atoms with Gasteiger partial charge in [-0.2, -0.15) is 0 Å². The largest absolute Gasteiger partial charge is 0.336 e. The van der Waals surface area contributed by atoms with Crippen molar-refractivity contribution in [2.75, 3.05) is 0 Å². The lowest BCUT2D eigenvalue weighted by atomic mass is 9.75. The van der Waals surface area contributed by atoms with Crippen LogP contribution >= 0.6 is 0 Å². The number of carbonyl (C=O) groups is 1. The van der Waals surface area contributed by atoms with Crippen LogP contribution in [0.3, 0.4) is 0 Å². The predicted octanol–water partition coefficient (Wildman–Crippen LogP) is 2.70. The molecule has 0 saturated heterocycles. The molecule has 0 aliphatic heterocycles. The van der Waals surface area contributed by atoms with E-state index in [1.807, 2.05) is 23.1 Å². The molecule has 2 N–H and O–H groups in total. The van der Waals surface area contributed by atoms with E-state index in [9.17, 15) is 4.79 Å². The van der Waals surface area contributed by atoms with E-state index in [1.54, 1.807) is 0 Å². The van der Waals surface area contributed by atoms with E-state index in [-0.39, 0.29) is 17.5 Å². The summed E-state index contributed by atoms with van der Waals surface area (Å²) in [5.41, 5.74) is 7.12. The normalized spacial score (nSPS) is 17.1. The molecule has 19 heavy (non-hydrogen) atoms. The molecule has 1 fully saturated rings. The fourth-order valence-corrected chi connectivity index (χ4v) is 2.55. The van der Waals surface area contributed by atoms with Gasteiger partial charge in [-0.3, -0.25) is 4.79 Å². The van der Waals surface area contributed by atoms with Crippen molar-refractivity contribution in [1.82, 2.24) is 4.90 Å². The molecule has 3 nitrogen and oxygen atoms in total. The summed E-state index contributed by atoms with van der Waals surface area (Å²) in [4.78, 5) is 14.4. The maximum atomic E-state index is 12.4. The zero-order valence-electron chi connectivity index (χ0n) is 11.9. The van der Waals surface area contributed by atoms with Crippen molar-refractivity contribution in [2.24, 2.45) is 5.73 Å². The summed E-state index contributed by atoms with van der Waals surface area (Å²) in [5.74, 6) is 0.182. The Morgan fingerprint density at radius 1 is 1.32 bits per heavy atom. The Bertz CT molecular complexity index is 424. The summed E-state index contributed by atoms with van der Waals surface area (Å²) in [7, 11) is 0. The first-order chi connectivity index (χ1) is 9.00. The molecule has 0 spiro atoms. The van der Waals surface area contributed by atoms with Gasteiger partial charge in [0.1, 0.15) is 0 Å². The van der Waals surface area contributed by atoms with Gasteiger partial charge in [-0.25, -0.2) is 0 Å². The lowest BCUT2D eigenvalue weighted by Gasteiger charge is -2.39. The summed E-state index contributed by atoms with van der Waals surface area (Å²) < 4.78 is 0. The summed E-state index contributed by atoms with van der Waals surface area (Å²) in [6.45, 7) is 4.79. The number of rotatable bonds is 5. The van der Waals surface area contributed by atoms with E-state index in [2.05, 4.69) is 26.0 Å². The van der Waals surface area contributed by atoms with Crippen LogP contribution in [-0.4, -0.2) is 22.4 Å². The van der Waals surface area contributed by atoms with Crippen LogP contribution in [0.5, 0.6) is 0 Å². The van der Waals surface area contributed by atoms with E-state index < -0.39 is 0 Å². The highest BCUT2D eigenvalue weighted by Crippen LogP contribution is 2.33. The molecule has 1 aromatic carbocycles. The molecule has 0 bridgehead atoms. The fourth-order valence-electron chi connectivity index (χ4n) is 2.55. The van der Waals surface area contributed by atoms with Crippen molar-refractivity contribution >= 4 is 5.91 Å². The van der Waals surface area contributed by atoms with Crippen molar-refractivity contribution in [2.45, 2.75) is 57.7 Å². The third kappa shape index (κ3) is 3.57. The summed E-state index contributed by atoms with van der Waals surface area (Å²) in [6, 6.07) is 10.3. The number of hydrogen-bond acceptors (Lipinski definition) is 2. The second-order valence-electron chi connectivity index (χ2n) is 5.99. The van der Waals surface area contributed by atoms with Gasteiger partial charge in [0, 0.05) is 24.5 Å². The van der Waals surface area contributed by atoms with E-state index in [0.717, 1.165) is 19.3 Å². The lowest BCUT2D eigenvalue weighted by Crippen LogP contribution is -2.51. The summed E-state index contributed by atoms with van der Waals surface area (Å²) in [5, 5.41) is 0. The van der Waals surface area contributed by atoms with Crippen molar-refractivity contribution in [3.8, 4) is 0 Å². The molecule has 3 heteroatoms. The number of hydrogen-bond donors (Lipinski definition) is 1. The number of benzene rings is 1. The highest BCUT2D eigenvalue weighted by Gasteiger charge is 2.36. The predicted molar refractivity (Wildman–Crippen MR) is 77.5 cm³/mol. The fraction of sp³-hybridized carbons (Fsp3) is 0.562.